The molecule has 1 aromatic carbocycles. The van der Waals surface area contributed by atoms with Gasteiger partial charge >= 0.3 is 0 Å². The van der Waals surface area contributed by atoms with Crippen LogP contribution in [0.5, 0.6) is 0 Å². The molecular formula is C20H33N3O2. The number of likely N-dealkylation sites (N-methyl/N-ethyl adjacent to an activating group) is 1. The summed E-state index contributed by atoms with van der Waals surface area (Å²) in [6, 6.07) is 9.09. The van der Waals surface area contributed by atoms with Crippen LogP contribution in [-0.4, -0.2) is 42.4 Å². The smallest absolute Gasteiger partial charge is 0.245 e. The lowest BCUT2D eigenvalue weighted by Gasteiger charge is -2.28. The lowest BCUT2D eigenvalue weighted by Crippen LogP contribution is -2.51. The summed E-state index contributed by atoms with van der Waals surface area (Å²) in [5.74, 6) is 0.210. The Morgan fingerprint density at radius 3 is 2.20 bits per heavy atom. The van der Waals surface area contributed by atoms with Gasteiger partial charge in [0.05, 0.1) is 6.42 Å². The molecule has 0 radical (unpaired) electrons. The average molecular weight is 348 g/mol. The molecule has 5 nitrogen and oxygen atoms in total. The highest BCUT2D eigenvalue weighted by atomic mass is 16.2. The summed E-state index contributed by atoms with van der Waals surface area (Å²) in [5, 5.41) is 2.89. The lowest BCUT2D eigenvalue weighted by molar-refractivity contribution is -0.136. The van der Waals surface area contributed by atoms with E-state index in [2.05, 4.69) is 19.2 Å². The van der Waals surface area contributed by atoms with Crippen molar-refractivity contribution in [3.8, 4) is 0 Å². The van der Waals surface area contributed by atoms with Crippen molar-refractivity contribution in [1.29, 1.82) is 0 Å². The van der Waals surface area contributed by atoms with Crippen LogP contribution in [0.15, 0.2) is 30.3 Å². The molecule has 0 aromatic heterocycles. The zero-order valence-electron chi connectivity index (χ0n) is 16.2. The first-order valence-electron chi connectivity index (χ1n) is 9.06. The molecule has 0 saturated carbocycles. The fourth-order valence-corrected chi connectivity index (χ4v) is 2.54. The number of benzene rings is 1. The first kappa shape index (κ1) is 21.2. The molecule has 2 amide bonds. The summed E-state index contributed by atoms with van der Waals surface area (Å²) in [6.45, 7) is 8.63. The molecule has 0 bridgehead atoms. The topological polar surface area (TPSA) is 75.4 Å². The van der Waals surface area contributed by atoms with Gasteiger partial charge in [-0.1, -0.05) is 58.0 Å². The molecule has 25 heavy (non-hydrogen) atoms. The van der Waals surface area contributed by atoms with Gasteiger partial charge in [0.1, 0.15) is 6.04 Å². The average Bonchev–Trinajstić information content (AvgIpc) is 2.57. The number of nitrogens with zero attached hydrogens (tertiary/aromatic N) is 1. The minimum absolute atomic E-state index is 0.0217. The van der Waals surface area contributed by atoms with Gasteiger partial charge in [-0.25, -0.2) is 0 Å². The molecule has 0 aliphatic rings. The summed E-state index contributed by atoms with van der Waals surface area (Å²) in [6.07, 6.45) is 1.03. The van der Waals surface area contributed by atoms with Crippen molar-refractivity contribution in [3.05, 3.63) is 35.9 Å². The van der Waals surface area contributed by atoms with Crippen LogP contribution < -0.4 is 11.1 Å². The van der Waals surface area contributed by atoms with Gasteiger partial charge in [0, 0.05) is 19.6 Å². The molecule has 2 atom stereocenters. The van der Waals surface area contributed by atoms with E-state index in [4.69, 9.17) is 5.73 Å². The fourth-order valence-electron chi connectivity index (χ4n) is 2.54. The predicted molar refractivity (Wildman–Crippen MR) is 102 cm³/mol. The van der Waals surface area contributed by atoms with E-state index in [0.717, 1.165) is 12.0 Å². The third-order valence-corrected chi connectivity index (χ3v) is 4.49. The van der Waals surface area contributed by atoms with Gasteiger partial charge in [-0.3, -0.25) is 9.59 Å². The Hall–Kier alpha value is -1.88. The molecule has 0 heterocycles. The molecule has 0 fully saturated rings. The highest BCUT2D eigenvalue weighted by Gasteiger charge is 2.27. The van der Waals surface area contributed by atoms with E-state index in [1.807, 2.05) is 44.2 Å². The Morgan fingerprint density at radius 1 is 1.08 bits per heavy atom. The van der Waals surface area contributed by atoms with Crippen molar-refractivity contribution in [2.45, 2.75) is 52.6 Å². The molecule has 140 valence electrons. The molecule has 0 aliphatic carbocycles. The van der Waals surface area contributed by atoms with E-state index < -0.39 is 6.04 Å². The summed E-state index contributed by atoms with van der Waals surface area (Å²) in [7, 11) is 1.77. The van der Waals surface area contributed by atoms with Gasteiger partial charge in [0.25, 0.3) is 0 Å². The maximum atomic E-state index is 12.7. The van der Waals surface area contributed by atoms with Gasteiger partial charge in [-0.2, -0.15) is 0 Å². The van der Waals surface area contributed by atoms with Crippen LogP contribution in [0.3, 0.4) is 0 Å². The Bertz CT molecular complexity index is 543. The second-order valence-corrected chi connectivity index (χ2v) is 7.41. The molecule has 3 N–H and O–H groups in total. The van der Waals surface area contributed by atoms with Crippen LogP contribution in [-0.2, 0) is 16.0 Å². The summed E-state index contributed by atoms with van der Waals surface area (Å²) >= 11 is 0. The van der Waals surface area contributed by atoms with E-state index in [-0.39, 0.29) is 30.2 Å². The van der Waals surface area contributed by atoms with Crippen LogP contribution >= 0.6 is 0 Å². The van der Waals surface area contributed by atoms with Crippen molar-refractivity contribution in [1.82, 2.24) is 10.2 Å². The minimum atomic E-state index is -0.517. The fraction of sp³-hybridized carbons (Fsp3) is 0.600. The van der Waals surface area contributed by atoms with Crippen LogP contribution in [0.25, 0.3) is 0 Å². The quantitative estimate of drug-likeness (QED) is 0.719. The van der Waals surface area contributed by atoms with Crippen LogP contribution in [0, 0.1) is 11.8 Å². The van der Waals surface area contributed by atoms with Gasteiger partial charge in [-0.15, -0.1) is 0 Å². The van der Waals surface area contributed by atoms with E-state index in [0.29, 0.717) is 12.5 Å². The molecule has 0 saturated heterocycles. The largest absolute Gasteiger partial charge is 0.344 e. The molecule has 0 spiro atoms. The number of carbonyl (C=O) groups is 2. The molecule has 5 heteroatoms. The highest BCUT2D eigenvalue weighted by Crippen LogP contribution is 2.09. The second kappa shape index (κ2) is 10.2. The van der Waals surface area contributed by atoms with E-state index in [1.165, 1.54) is 0 Å². The number of nitrogens with two attached hydrogens (primary N) is 1. The minimum Gasteiger partial charge on any atom is -0.344 e. The van der Waals surface area contributed by atoms with Crippen LogP contribution in [0.4, 0.5) is 0 Å². The normalized spacial score (nSPS) is 13.6. The molecule has 1 aromatic rings. The maximum absolute atomic E-state index is 12.7. The zero-order chi connectivity index (χ0) is 19.0. The van der Waals surface area contributed by atoms with Crippen LogP contribution in [0.2, 0.25) is 0 Å². The second-order valence-electron chi connectivity index (χ2n) is 7.41. The Balaban J connectivity index is 2.62. The van der Waals surface area contributed by atoms with Crippen LogP contribution in [0.1, 0.15) is 39.7 Å². The molecule has 0 aliphatic heterocycles. The molecular weight excluding hydrogens is 314 g/mol. The standard InChI is InChI=1S/C20H33N3O2/c1-14(2)17(21)11-12-23(5)20(25)19(15(3)4)22-18(24)13-16-9-7-6-8-10-16/h6-10,14-15,17,19H,11-13,21H2,1-5H3,(H,22,24). The Morgan fingerprint density at radius 2 is 1.68 bits per heavy atom. The number of hydrogen-bond acceptors (Lipinski definition) is 3. The summed E-state index contributed by atoms with van der Waals surface area (Å²) < 4.78 is 0. The van der Waals surface area contributed by atoms with Gasteiger partial charge in [-0.05, 0) is 23.8 Å². The molecule has 2 unspecified atom stereocenters. The number of nitrogens with one attached hydrogen (secondary N) is 1. The third-order valence-electron chi connectivity index (χ3n) is 4.49. The predicted octanol–water partition coefficient (Wildman–Crippen LogP) is 2.20. The van der Waals surface area contributed by atoms with Crippen molar-refractivity contribution >= 4 is 11.8 Å². The summed E-state index contributed by atoms with van der Waals surface area (Å²) in [4.78, 5) is 26.7. The maximum Gasteiger partial charge on any atom is 0.245 e. The van der Waals surface area contributed by atoms with Crippen molar-refractivity contribution in [2.75, 3.05) is 13.6 Å². The Labute approximate surface area is 152 Å². The first-order valence-corrected chi connectivity index (χ1v) is 9.06. The Kier molecular flexibility index (Phi) is 8.62. The number of rotatable bonds is 9. The van der Waals surface area contributed by atoms with E-state index >= 15 is 0 Å². The van der Waals surface area contributed by atoms with E-state index in [9.17, 15) is 9.59 Å². The van der Waals surface area contributed by atoms with Crippen molar-refractivity contribution in [2.24, 2.45) is 17.6 Å². The van der Waals surface area contributed by atoms with E-state index in [1.54, 1.807) is 11.9 Å². The van der Waals surface area contributed by atoms with Crippen molar-refractivity contribution in [3.63, 3.8) is 0 Å². The van der Waals surface area contributed by atoms with Gasteiger partial charge < -0.3 is 16.0 Å². The number of hydrogen-bond donors (Lipinski definition) is 2. The summed E-state index contributed by atoms with van der Waals surface area (Å²) in [5.41, 5.74) is 7.00. The molecule has 1 rings (SSSR count). The highest BCUT2D eigenvalue weighted by molar-refractivity contribution is 5.88. The van der Waals surface area contributed by atoms with Gasteiger partial charge in [0.15, 0.2) is 0 Å². The zero-order valence-corrected chi connectivity index (χ0v) is 16.2. The third kappa shape index (κ3) is 7.26. The number of amides is 2. The monoisotopic (exact) mass is 347 g/mol. The lowest BCUT2D eigenvalue weighted by atomic mass is 10.00. The SMILES string of the molecule is CC(C)C(N)CCN(C)C(=O)C(NC(=O)Cc1ccccc1)C(C)C. The van der Waals surface area contributed by atoms with Gasteiger partial charge in [0.2, 0.25) is 11.8 Å². The number of carbonyl (C=O) groups excluding carboxylic acids is 2. The van der Waals surface area contributed by atoms with Crippen molar-refractivity contribution < 1.29 is 9.59 Å². The first-order chi connectivity index (χ1) is 11.7.